The van der Waals surface area contributed by atoms with E-state index in [9.17, 15) is 26.0 Å². The van der Waals surface area contributed by atoms with Crippen LogP contribution in [0.25, 0.3) is 22.5 Å². The SMILES string of the molecule is Cc1ncccc1-c1[nH]c(C(F)F)nc1-c1cc(F)c(S(C)(=O)=O)c(F)c1. The molecule has 0 fully saturated rings. The standard InChI is InChI=1S/C17H13F4N3O2S/c1-8-10(4-3-5-22-8)14-13(23-17(24-14)16(20)21)9-6-11(18)15(12(19)7-9)27(2,25)26/h3-7,16H,1-2H3,(H,23,24). The van der Waals surface area contributed by atoms with Crippen molar-refractivity contribution in [2.45, 2.75) is 18.2 Å². The molecule has 1 N–H and O–H groups in total. The van der Waals surface area contributed by atoms with Crippen molar-refractivity contribution in [3.8, 4) is 22.5 Å². The molecular weight excluding hydrogens is 386 g/mol. The lowest BCUT2D eigenvalue weighted by Gasteiger charge is -2.08. The first-order chi connectivity index (χ1) is 12.6. The van der Waals surface area contributed by atoms with Crippen LogP contribution in [0.4, 0.5) is 17.6 Å². The number of nitrogens with zero attached hydrogens (tertiary/aromatic N) is 2. The zero-order chi connectivity index (χ0) is 19.9. The van der Waals surface area contributed by atoms with E-state index in [1.165, 1.54) is 6.20 Å². The lowest BCUT2D eigenvalue weighted by Crippen LogP contribution is -2.05. The van der Waals surface area contributed by atoms with Crippen molar-refractivity contribution in [2.24, 2.45) is 0 Å². The molecule has 0 amide bonds. The number of aromatic nitrogens is 3. The van der Waals surface area contributed by atoms with Gasteiger partial charge in [0.05, 0.1) is 11.4 Å². The van der Waals surface area contributed by atoms with Crippen LogP contribution in [-0.2, 0) is 9.84 Å². The van der Waals surface area contributed by atoms with Crippen LogP contribution in [0.5, 0.6) is 0 Å². The van der Waals surface area contributed by atoms with Crippen molar-refractivity contribution in [3.63, 3.8) is 0 Å². The van der Waals surface area contributed by atoms with Gasteiger partial charge in [0.15, 0.2) is 15.7 Å². The molecule has 142 valence electrons. The van der Waals surface area contributed by atoms with Gasteiger partial charge in [-0.25, -0.2) is 31.0 Å². The van der Waals surface area contributed by atoms with Crippen LogP contribution in [-0.4, -0.2) is 29.6 Å². The third kappa shape index (κ3) is 3.57. The molecule has 1 aromatic carbocycles. The number of sulfone groups is 1. The van der Waals surface area contributed by atoms with E-state index in [1.54, 1.807) is 19.1 Å². The lowest BCUT2D eigenvalue weighted by molar-refractivity contribution is 0.141. The zero-order valence-corrected chi connectivity index (χ0v) is 14.9. The maximum absolute atomic E-state index is 14.3. The highest BCUT2D eigenvalue weighted by Crippen LogP contribution is 2.35. The minimum absolute atomic E-state index is 0.0989. The summed E-state index contributed by atoms with van der Waals surface area (Å²) in [6, 6.07) is 4.66. The summed E-state index contributed by atoms with van der Waals surface area (Å²) in [7, 11) is -4.15. The minimum atomic E-state index is -4.15. The highest BCUT2D eigenvalue weighted by Gasteiger charge is 2.25. The molecule has 0 aliphatic heterocycles. The van der Waals surface area contributed by atoms with Crippen molar-refractivity contribution in [1.29, 1.82) is 0 Å². The molecule has 0 aliphatic rings. The van der Waals surface area contributed by atoms with Crippen LogP contribution in [0.3, 0.4) is 0 Å². The third-order valence-electron chi connectivity index (χ3n) is 3.85. The summed E-state index contributed by atoms with van der Waals surface area (Å²) in [5.74, 6) is -3.35. The average molecular weight is 399 g/mol. The van der Waals surface area contributed by atoms with Gasteiger partial charge in [-0.05, 0) is 31.2 Å². The number of nitrogens with one attached hydrogen (secondary N) is 1. The van der Waals surface area contributed by atoms with Crippen LogP contribution >= 0.6 is 0 Å². The van der Waals surface area contributed by atoms with Crippen LogP contribution in [0.15, 0.2) is 35.4 Å². The molecule has 10 heteroatoms. The number of hydrogen-bond acceptors (Lipinski definition) is 4. The molecule has 5 nitrogen and oxygen atoms in total. The molecule has 27 heavy (non-hydrogen) atoms. The summed E-state index contributed by atoms with van der Waals surface area (Å²) < 4.78 is 77.9. The Morgan fingerprint density at radius 1 is 1.15 bits per heavy atom. The van der Waals surface area contributed by atoms with Gasteiger partial charge in [0.25, 0.3) is 6.43 Å². The van der Waals surface area contributed by atoms with Crippen LogP contribution in [0.2, 0.25) is 0 Å². The first kappa shape index (κ1) is 19.0. The maximum atomic E-state index is 14.3. The second kappa shape index (κ2) is 6.76. The van der Waals surface area contributed by atoms with E-state index in [4.69, 9.17) is 0 Å². The Morgan fingerprint density at radius 2 is 1.78 bits per heavy atom. The molecule has 0 unspecified atom stereocenters. The van der Waals surface area contributed by atoms with E-state index in [0.29, 0.717) is 17.5 Å². The number of alkyl halides is 2. The number of H-pyrrole nitrogens is 1. The Kier molecular flexibility index (Phi) is 4.77. The van der Waals surface area contributed by atoms with Gasteiger partial charge < -0.3 is 4.98 Å². The number of halogens is 4. The van der Waals surface area contributed by atoms with Gasteiger partial charge in [0, 0.05) is 29.3 Å². The van der Waals surface area contributed by atoms with Gasteiger partial charge in [0.2, 0.25) is 0 Å². The summed E-state index contributed by atoms with van der Waals surface area (Å²) in [6.45, 7) is 1.63. The van der Waals surface area contributed by atoms with E-state index >= 15 is 0 Å². The number of rotatable bonds is 4. The zero-order valence-electron chi connectivity index (χ0n) is 14.1. The topological polar surface area (TPSA) is 75.7 Å². The summed E-state index contributed by atoms with van der Waals surface area (Å²) in [6.07, 6.45) is -0.773. The van der Waals surface area contributed by atoms with Gasteiger partial charge in [-0.1, -0.05) is 0 Å². The molecule has 0 atom stereocenters. The number of aromatic amines is 1. The first-order valence-corrected chi connectivity index (χ1v) is 9.48. The molecule has 0 radical (unpaired) electrons. The monoisotopic (exact) mass is 399 g/mol. The molecule has 0 bridgehead atoms. The molecule has 3 rings (SSSR count). The van der Waals surface area contributed by atoms with E-state index in [2.05, 4.69) is 15.0 Å². The van der Waals surface area contributed by atoms with Gasteiger partial charge in [-0.3, -0.25) is 4.98 Å². The Hall–Kier alpha value is -2.75. The molecule has 0 saturated heterocycles. The first-order valence-electron chi connectivity index (χ1n) is 7.59. The van der Waals surface area contributed by atoms with E-state index in [1.807, 2.05) is 0 Å². The van der Waals surface area contributed by atoms with Crippen molar-refractivity contribution in [2.75, 3.05) is 6.26 Å². The van der Waals surface area contributed by atoms with E-state index < -0.39 is 38.6 Å². The predicted molar refractivity (Wildman–Crippen MR) is 90.0 cm³/mol. The summed E-state index contributed by atoms with van der Waals surface area (Å²) in [4.78, 5) is 9.19. The van der Waals surface area contributed by atoms with Crippen molar-refractivity contribution < 1.29 is 26.0 Å². The van der Waals surface area contributed by atoms with Crippen LogP contribution < -0.4 is 0 Å². The highest BCUT2D eigenvalue weighted by atomic mass is 32.2. The van der Waals surface area contributed by atoms with Crippen LogP contribution in [0, 0.1) is 18.6 Å². The van der Waals surface area contributed by atoms with Crippen molar-refractivity contribution in [1.82, 2.24) is 15.0 Å². The quantitative estimate of drug-likeness (QED) is 0.671. The fraction of sp³-hybridized carbons (Fsp3) is 0.176. The number of pyridine rings is 1. The summed E-state index contributed by atoms with van der Waals surface area (Å²) >= 11 is 0. The smallest absolute Gasteiger partial charge is 0.295 e. The lowest BCUT2D eigenvalue weighted by atomic mass is 10.0. The van der Waals surface area contributed by atoms with E-state index in [0.717, 1.165) is 12.1 Å². The third-order valence-corrected chi connectivity index (χ3v) is 4.98. The summed E-state index contributed by atoms with van der Waals surface area (Å²) in [5.41, 5.74) is 0.677. The molecule has 2 aromatic heterocycles. The predicted octanol–water partition coefficient (Wildman–Crippen LogP) is 4.07. The Bertz CT molecular complexity index is 1100. The number of aryl methyl sites for hydroxylation is 1. The fourth-order valence-corrected chi connectivity index (χ4v) is 3.52. The molecule has 0 saturated carbocycles. The minimum Gasteiger partial charge on any atom is -0.337 e. The second-order valence-corrected chi connectivity index (χ2v) is 7.78. The normalized spacial score (nSPS) is 12.0. The molecule has 3 aromatic rings. The molecular formula is C17H13F4N3O2S. The number of imidazole rings is 1. The van der Waals surface area contributed by atoms with Gasteiger partial charge >= 0.3 is 0 Å². The number of hydrogen-bond donors (Lipinski definition) is 1. The molecule has 2 heterocycles. The Balaban J connectivity index is 2.28. The van der Waals surface area contributed by atoms with Crippen LogP contribution in [0.1, 0.15) is 17.9 Å². The molecule has 0 spiro atoms. The summed E-state index contributed by atoms with van der Waals surface area (Å²) in [5, 5.41) is 0. The fourth-order valence-electron chi connectivity index (χ4n) is 2.70. The van der Waals surface area contributed by atoms with Crippen molar-refractivity contribution >= 4 is 9.84 Å². The Labute approximate surface area is 152 Å². The second-order valence-electron chi connectivity index (χ2n) is 5.82. The Morgan fingerprint density at radius 3 is 2.30 bits per heavy atom. The highest BCUT2D eigenvalue weighted by molar-refractivity contribution is 7.90. The van der Waals surface area contributed by atoms with Gasteiger partial charge in [-0.15, -0.1) is 0 Å². The van der Waals surface area contributed by atoms with Gasteiger partial charge in [-0.2, -0.15) is 0 Å². The largest absolute Gasteiger partial charge is 0.337 e. The number of benzene rings is 1. The van der Waals surface area contributed by atoms with E-state index in [-0.39, 0.29) is 17.0 Å². The van der Waals surface area contributed by atoms with Crippen molar-refractivity contribution in [3.05, 3.63) is 53.6 Å². The maximum Gasteiger partial charge on any atom is 0.295 e. The molecule has 0 aliphatic carbocycles. The van der Waals surface area contributed by atoms with Gasteiger partial charge in [0.1, 0.15) is 16.5 Å². The average Bonchev–Trinajstić information content (AvgIpc) is 2.98.